The molecule has 1 fully saturated rings. The fraction of sp³-hybridized carbons (Fsp3) is 0.474. The van der Waals surface area contributed by atoms with Crippen molar-refractivity contribution < 1.29 is 19.6 Å². The van der Waals surface area contributed by atoms with Crippen molar-refractivity contribution in [1.82, 2.24) is 14.7 Å². The van der Waals surface area contributed by atoms with E-state index in [1.54, 1.807) is 0 Å². The zero-order valence-corrected chi connectivity index (χ0v) is 15.8. The number of nitrogens with zero attached hydrogens (tertiary/aromatic N) is 4. The Hall–Kier alpha value is -2.78. The molecule has 0 bridgehead atoms. The van der Waals surface area contributed by atoms with Gasteiger partial charge in [0.15, 0.2) is 0 Å². The molecular formula is C19H24N4O5. The van der Waals surface area contributed by atoms with Crippen LogP contribution in [0.1, 0.15) is 18.9 Å². The van der Waals surface area contributed by atoms with E-state index in [-0.39, 0.29) is 24.1 Å². The highest BCUT2D eigenvalue weighted by Gasteiger charge is 2.41. The van der Waals surface area contributed by atoms with Crippen LogP contribution in [0.15, 0.2) is 30.0 Å². The molecule has 3 rings (SSSR count). The molecule has 0 spiro atoms. The zero-order valence-electron chi connectivity index (χ0n) is 15.8. The number of nitro groups is 1. The van der Waals surface area contributed by atoms with Crippen LogP contribution in [0, 0.1) is 10.1 Å². The normalized spacial score (nSPS) is 18.4. The maximum Gasteiger partial charge on any atom is 0.277 e. The molecule has 0 aliphatic carbocycles. The summed E-state index contributed by atoms with van der Waals surface area (Å²) >= 11 is 0. The van der Waals surface area contributed by atoms with Crippen molar-refractivity contribution in [3.63, 3.8) is 0 Å². The molecule has 9 nitrogen and oxygen atoms in total. The second kappa shape index (κ2) is 8.49. The fourth-order valence-electron chi connectivity index (χ4n) is 3.63. The first kappa shape index (κ1) is 20.0. The molecule has 28 heavy (non-hydrogen) atoms. The largest absolute Gasteiger partial charge is 0.395 e. The number of hydrogen-bond donors (Lipinski definition) is 1. The number of carbonyl (C=O) groups excluding carboxylic acids is 2. The summed E-state index contributed by atoms with van der Waals surface area (Å²) in [5.41, 5.74) is 1.13. The summed E-state index contributed by atoms with van der Waals surface area (Å²) in [6, 6.07) is 5.74. The molecule has 9 heteroatoms. The number of rotatable bonds is 7. The summed E-state index contributed by atoms with van der Waals surface area (Å²) in [4.78, 5) is 41.7. The van der Waals surface area contributed by atoms with Gasteiger partial charge in [-0.3, -0.25) is 29.5 Å². The van der Waals surface area contributed by atoms with E-state index in [1.165, 1.54) is 29.2 Å². The summed E-state index contributed by atoms with van der Waals surface area (Å²) in [7, 11) is 0. The Bertz CT molecular complexity index is 797. The molecule has 2 heterocycles. The van der Waals surface area contributed by atoms with E-state index >= 15 is 0 Å². The van der Waals surface area contributed by atoms with E-state index in [0.29, 0.717) is 62.5 Å². The number of nitro benzene ring substituents is 1. The van der Waals surface area contributed by atoms with Crippen LogP contribution in [0.5, 0.6) is 0 Å². The van der Waals surface area contributed by atoms with Gasteiger partial charge in [0.2, 0.25) is 0 Å². The van der Waals surface area contributed by atoms with E-state index in [4.69, 9.17) is 5.11 Å². The molecule has 1 saturated heterocycles. The van der Waals surface area contributed by atoms with Gasteiger partial charge >= 0.3 is 0 Å². The molecule has 0 atom stereocenters. The molecular weight excluding hydrogens is 364 g/mol. The van der Waals surface area contributed by atoms with Crippen LogP contribution in [0.4, 0.5) is 5.69 Å². The molecule has 150 valence electrons. The van der Waals surface area contributed by atoms with Crippen molar-refractivity contribution in [2.75, 3.05) is 45.9 Å². The average molecular weight is 388 g/mol. The average Bonchev–Trinajstić information content (AvgIpc) is 2.94. The summed E-state index contributed by atoms with van der Waals surface area (Å²) < 4.78 is 0. The Kier molecular flexibility index (Phi) is 6.05. The molecule has 0 unspecified atom stereocenters. The molecule has 0 aromatic heterocycles. The van der Waals surface area contributed by atoms with E-state index < -0.39 is 4.92 Å². The number of piperazine rings is 1. The second-order valence-electron chi connectivity index (χ2n) is 6.84. The highest BCUT2D eigenvalue weighted by molar-refractivity contribution is 6.35. The Labute approximate surface area is 163 Å². The van der Waals surface area contributed by atoms with Gasteiger partial charge in [-0.2, -0.15) is 0 Å². The molecule has 1 N–H and O–H groups in total. The van der Waals surface area contributed by atoms with Crippen LogP contribution in [0.2, 0.25) is 0 Å². The minimum atomic E-state index is -0.496. The summed E-state index contributed by atoms with van der Waals surface area (Å²) in [6.07, 6.45) is 0.655. The van der Waals surface area contributed by atoms with Crippen molar-refractivity contribution in [2.45, 2.75) is 13.3 Å². The van der Waals surface area contributed by atoms with E-state index in [9.17, 15) is 19.7 Å². The molecule has 2 amide bonds. The lowest BCUT2D eigenvalue weighted by atomic mass is 10.0. The number of aliphatic hydroxyl groups is 1. The van der Waals surface area contributed by atoms with Crippen LogP contribution in [0.25, 0.3) is 5.57 Å². The number of aliphatic hydroxyl groups excluding tert-OH is 1. The van der Waals surface area contributed by atoms with E-state index in [0.717, 1.165) is 0 Å². The van der Waals surface area contributed by atoms with Gasteiger partial charge in [-0.15, -0.1) is 0 Å². The van der Waals surface area contributed by atoms with Crippen molar-refractivity contribution in [3.05, 3.63) is 45.6 Å². The zero-order chi connectivity index (χ0) is 20.3. The first-order chi connectivity index (χ1) is 13.5. The maximum absolute atomic E-state index is 13.0. The number of β-amino-alcohol motifs (C(OH)–C–C–N with tert-alkyl or cyclic N) is 1. The van der Waals surface area contributed by atoms with Crippen LogP contribution in [-0.4, -0.2) is 82.4 Å². The van der Waals surface area contributed by atoms with E-state index in [2.05, 4.69) is 4.90 Å². The number of imide groups is 1. The Balaban J connectivity index is 1.96. The predicted molar refractivity (Wildman–Crippen MR) is 102 cm³/mol. The maximum atomic E-state index is 13.0. The molecule has 2 aliphatic heterocycles. The fourth-order valence-corrected chi connectivity index (χ4v) is 3.63. The molecule has 2 aliphatic rings. The predicted octanol–water partition coefficient (Wildman–Crippen LogP) is 0.695. The lowest BCUT2D eigenvalue weighted by molar-refractivity contribution is -0.384. The number of non-ortho nitro benzene ring substituents is 1. The van der Waals surface area contributed by atoms with Gasteiger partial charge < -0.3 is 10.0 Å². The van der Waals surface area contributed by atoms with Crippen LogP contribution < -0.4 is 0 Å². The second-order valence-corrected chi connectivity index (χ2v) is 6.84. The van der Waals surface area contributed by atoms with Crippen molar-refractivity contribution in [1.29, 1.82) is 0 Å². The lowest BCUT2D eigenvalue weighted by Crippen LogP contribution is -2.48. The Morgan fingerprint density at radius 3 is 2.21 bits per heavy atom. The van der Waals surface area contributed by atoms with Crippen LogP contribution >= 0.6 is 0 Å². The first-order valence-electron chi connectivity index (χ1n) is 9.41. The molecule has 0 saturated carbocycles. The number of benzene rings is 1. The first-order valence-corrected chi connectivity index (χ1v) is 9.41. The third-order valence-corrected chi connectivity index (χ3v) is 5.06. The van der Waals surface area contributed by atoms with E-state index in [1.807, 2.05) is 11.8 Å². The van der Waals surface area contributed by atoms with Crippen molar-refractivity contribution >= 4 is 23.1 Å². The summed E-state index contributed by atoms with van der Waals surface area (Å²) in [5, 5.41) is 20.0. The topological polar surface area (TPSA) is 107 Å². The Morgan fingerprint density at radius 2 is 1.68 bits per heavy atom. The molecule has 1 aromatic rings. The van der Waals surface area contributed by atoms with Gasteiger partial charge in [0.1, 0.15) is 5.70 Å². The van der Waals surface area contributed by atoms with Gasteiger partial charge in [0, 0.05) is 51.4 Å². The SMILES string of the molecule is CCCN1C(=O)C(c2ccc([N+](=O)[O-])cc2)=C(N2CCN(CCO)CC2)C1=O. The smallest absolute Gasteiger partial charge is 0.277 e. The number of amides is 2. The quantitative estimate of drug-likeness (QED) is 0.416. The third kappa shape index (κ3) is 3.76. The van der Waals surface area contributed by atoms with Crippen molar-refractivity contribution in [3.8, 4) is 0 Å². The molecule has 1 aromatic carbocycles. The van der Waals surface area contributed by atoms with Crippen LogP contribution in [-0.2, 0) is 9.59 Å². The van der Waals surface area contributed by atoms with Gasteiger partial charge in [0.25, 0.3) is 17.5 Å². The van der Waals surface area contributed by atoms with Gasteiger partial charge in [0.05, 0.1) is 17.1 Å². The van der Waals surface area contributed by atoms with Gasteiger partial charge in [-0.25, -0.2) is 0 Å². The lowest BCUT2D eigenvalue weighted by Gasteiger charge is -2.36. The summed E-state index contributed by atoms with van der Waals surface area (Å²) in [5.74, 6) is -0.663. The van der Waals surface area contributed by atoms with Crippen molar-refractivity contribution in [2.24, 2.45) is 0 Å². The standard InChI is InChI=1S/C19H24N4O5/c1-2-7-22-18(25)16(14-3-5-15(6-4-14)23(27)28)17(19(22)26)21-10-8-20(9-11-21)12-13-24/h3-6,24H,2,7-13H2,1H3. The van der Waals surface area contributed by atoms with Crippen LogP contribution in [0.3, 0.4) is 0 Å². The third-order valence-electron chi connectivity index (χ3n) is 5.06. The van der Waals surface area contributed by atoms with Gasteiger partial charge in [-0.05, 0) is 24.1 Å². The minimum absolute atomic E-state index is 0.0642. The number of carbonyl (C=O) groups is 2. The van der Waals surface area contributed by atoms with Gasteiger partial charge in [-0.1, -0.05) is 6.92 Å². The number of hydrogen-bond acceptors (Lipinski definition) is 7. The highest BCUT2D eigenvalue weighted by Crippen LogP contribution is 2.33. The monoisotopic (exact) mass is 388 g/mol. The highest BCUT2D eigenvalue weighted by atomic mass is 16.6. The summed E-state index contributed by atoms with van der Waals surface area (Å²) in [6.45, 7) is 5.42. The molecule has 0 radical (unpaired) electrons. The minimum Gasteiger partial charge on any atom is -0.395 e. The Morgan fingerprint density at radius 1 is 1.04 bits per heavy atom.